The predicted molar refractivity (Wildman–Crippen MR) is 81.5 cm³/mol. The fraction of sp³-hybridized carbons (Fsp3) is 0.133. The largest absolute Gasteiger partial charge is 0.495 e. The molecule has 2 rings (SSSR count). The Labute approximate surface area is 126 Å². The summed E-state index contributed by atoms with van der Waals surface area (Å²) in [4.78, 5) is 11.8. The SMILES string of the molecule is COc1ccc(NC(=O)CNc2cccc(F)c2)cc1Cl. The molecule has 2 N–H and O–H groups in total. The fourth-order valence-electron chi connectivity index (χ4n) is 1.73. The summed E-state index contributed by atoms with van der Waals surface area (Å²) in [5.41, 5.74) is 1.10. The second-order valence-corrected chi connectivity index (χ2v) is 4.67. The number of rotatable bonds is 5. The van der Waals surface area contributed by atoms with Crippen molar-refractivity contribution >= 4 is 28.9 Å². The molecule has 21 heavy (non-hydrogen) atoms. The van der Waals surface area contributed by atoms with Gasteiger partial charge in [0.15, 0.2) is 0 Å². The third-order valence-corrected chi connectivity index (χ3v) is 3.01. The number of amides is 1. The van der Waals surface area contributed by atoms with E-state index in [2.05, 4.69) is 10.6 Å². The van der Waals surface area contributed by atoms with E-state index in [1.165, 1.54) is 19.2 Å². The highest BCUT2D eigenvalue weighted by Gasteiger charge is 2.06. The van der Waals surface area contributed by atoms with E-state index in [9.17, 15) is 9.18 Å². The number of hydrogen-bond donors (Lipinski definition) is 2. The van der Waals surface area contributed by atoms with Gasteiger partial charge in [0.2, 0.25) is 5.91 Å². The standard InChI is InChI=1S/C15H14ClFN2O2/c1-21-14-6-5-12(8-13(14)16)19-15(20)9-18-11-4-2-3-10(17)7-11/h2-8,18H,9H2,1H3,(H,19,20). The van der Waals surface area contributed by atoms with E-state index in [-0.39, 0.29) is 18.3 Å². The molecule has 0 fully saturated rings. The van der Waals surface area contributed by atoms with E-state index >= 15 is 0 Å². The molecule has 1 amide bonds. The van der Waals surface area contributed by atoms with E-state index in [1.807, 2.05) is 0 Å². The number of ether oxygens (including phenoxy) is 1. The van der Waals surface area contributed by atoms with E-state index in [4.69, 9.17) is 16.3 Å². The van der Waals surface area contributed by atoms with Crippen molar-refractivity contribution in [2.75, 3.05) is 24.3 Å². The first-order valence-electron chi connectivity index (χ1n) is 6.21. The molecule has 0 radical (unpaired) electrons. The summed E-state index contributed by atoms with van der Waals surface area (Å²) in [7, 11) is 1.52. The molecule has 4 nitrogen and oxygen atoms in total. The number of hydrogen-bond acceptors (Lipinski definition) is 3. The fourth-order valence-corrected chi connectivity index (χ4v) is 1.99. The highest BCUT2D eigenvalue weighted by molar-refractivity contribution is 6.32. The average Bonchev–Trinajstić information content (AvgIpc) is 2.45. The number of nitrogens with one attached hydrogen (secondary N) is 2. The van der Waals surface area contributed by atoms with Gasteiger partial charge in [-0.15, -0.1) is 0 Å². The van der Waals surface area contributed by atoms with Gasteiger partial charge in [-0.3, -0.25) is 4.79 Å². The van der Waals surface area contributed by atoms with Gasteiger partial charge in [-0.25, -0.2) is 4.39 Å². The summed E-state index contributed by atoms with van der Waals surface area (Å²) in [5, 5.41) is 5.93. The van der Waals surface area contributed by atoms with E-state index < -0.39 is 0 Å². The lowest BCUT2D eigenvalue weighted by Gasteiger charge is -2.09. The summed E-state index contributed by atoms with van der Waals surface area (Å²) < 4.78 is 18.0. The van der Waals surface area contributed by atoms with Crippen molar-refractivity contribution in [3.05, 3.63) is 53.3 Å². The van der Waals surface area contributed by atoms with Gasteiger partial charge in [-0.1, -0.05) is 17.7 Å². The van der Waals surface area contributed by atoms with Crippen molar-refractivity contribution in [2.45, 2.75) is 0 Å². The van der Waals surface area contributed by atoms with Crippen molar-refractivity contribution in [2.24, 2.45) is 0 Å². The lowest BCUT2D eigenvalue weighted by Crippen LogP contribution is -2.21. The third kappa shape index (κ3) is 4.36. The number of methoxy groups -OCH3 is 1. The summed E-state index contributed by atoms with van der Waals surface area (Å²) in [6.45, 7) is 0.0209. The molecular formula is C15H14ClFN2O2. The van der Waals surface area contributed by atoms with Crippen molar-refractivity contribution in [3.63, 3.8) is 0 Å². The van der Waals surface area contributed by atoms with Crippen molar-refractivity contribution in [1.29, 1.82) is 0 Å². The van der Waals surface area contributed by atoms with Crippen LogP contribution in [0, 0.1) is 5.82 Å². The van der Waals surface area contributed by atoms with Gasteiger partial charge in [0.1, 0.15) is 11.6 Å². The molecule has 6 heteroatoms. The Morgan fingerprint density at radius 2 is 2.05 bits per heavy atom. The number of anilines is 2. The first-order chi connectivity index (χ1) is 10.1. The molecule has 0 aliphatic carbocycles. The van der Waals surface area contributed by atoms with Crippen molar-refractivity contribution in [1.82, 2.24) is 0 Å². The number of carbonyl (C=O) groups excluding carboxylic acids is 1. The minimum atomic E-state index is -0.359. The molecule has 0 saturated carbocycles. The Bertz CT molecular complexity index is 649. The number of carbonyl (C=O) groups is 1. The zero-order valence-electron chi connectivity index (χ0n) is 11.3. The maximum atomic E-state index is 13.0. The van der Waals surface area contributed by atoms with Gasteiger partial charge in [-0.05, 0) is 36.4 Å². The van der Waals surface area contributed by atoms with Gasteiger partial charge >= 0.3 is 0 Å². The number of halogens is 2. The second kappa shape index (κ2) is 6.95. The zero-order chi connectivity index (χ0) is 15.2. The Morgan fingerprint density at radius 1 is 1.24 bits per heavy atom. The van der Waals surface area contributed by atoms with Crippen LogP contribution in [0.25, 0.3) is 0 Å². The van der Waals surface area contributed by atoms with Crippen LogP contribution < -0.4 is 15.4 Å². The van der Waals surface area contributed by atoms with Gasteiger partial charge in [0, 0.05) is 11.4 Å². The smallest absolute Gasteiger partial charge is 0.243 e. The van der Waals surface area contributed by atoms with E-state index in [0.29, 0.717) is 22.1 Å². The Balaban J connectivity index is 1.91. The first kappa shape index (κ1) is 15.1. The quantitative estimate of drug-likeness (QED) is 0.888. The molecule has 0 saturated heterocycles. The molecule has 0 atom stereocenters. The van der Waals surface area contributed by atoms with E-state index in [1.54, 1.807) is 30.3 Å². The van der Waals surface area contributed by atoms with E-state index in [0.717, 1.165) is 0 Å². The molecule has 0 aliphatic heterocycles. The highest BCUT2D eigenvalue weighted by atomic mass is 35.5. The van der Waals surface area contributed by atoms with Crippen LogP contribution in [-0.4, -0.2) is 19.6 Å². The molecule has 0 bridgehead atoms. The molecule has 0 spiro atoms. The summed E-state index contributed by atoms with van der Waals surface area (Å²) in [6, 6.07) is 10.9. The van der Waals surface area contributed by atoms with Crippen molar-refractivity contribution in [3.8, 4) is 5.75 Å². The van der Waals surface area contributed by atoms with Crippen LogP contribution >= 0.6 is 11.6 Å². The molecule has 0 aliphatic rings. The average molecular weight is 309 g/mol. The molecular weight excluding hydrogens is 295 g/mol. The molecule has 2 aromatic carbocycles. The lowest BCUT2D eigenvalue weighted by molar-refractivity contribution is -0.114. The Morgan fingerprint density at radius 3 is 2.71 bits per heavy atom. The van der Waals surface area contributed by atoms with Gasteiger partial charge in [0.25, 0.3) is 0 Å². The minimum absolute atomic E-state index is 0.0209. The van der Waals surface area contributed by atoms with Gasteiger partial charge < -0.3 is 15.4 Å². The summed E-state index contributed by atoms with van der Waals surface area (Å²) in [6.07, 6.45) is 0. The van der Waals surface area contributed by atoms with Gasteiger partial charge in [0.05, 0.1) is 18.7 Å². The van der Waals surface area contributed by atoms with Crippen molar-refractivity contribution < 1.29 is 13.9 Å². The summed E-state index contributed by atoms with van der Waals surface area (Å²) >= 11 is 5.97. The van der Waals surface area contributed by atoms with Crippen LogP contribution in [0.2, 0.25) is 5.02 Å². The van der Waals surface area contributed by atoms with Gasteiger partial charge in [-0.2, -0.15) is 0 Å². The molecule has 0 aromatic heterocycles. The lowest BCUT2D eigenvalue weighted by atomic mass is 10.3. The van der Waals surface area contributed by atoms with Crippen LogP contribution in [0.4, 0.5) is 15.8 Å². The molecule has 0 heterocycles. The van der Waals surface area contributed by atoms with Crippen LogP contribution in [0.1, 0.15) is 0 Å². The third-order valence-electron chi connectivity index (χ3n) is 2.71. The Hall–Kier alpha value is -2.27. The molecule has 2 aromatic rings. The van der Waals surface area contributed by atoms with Crippen LogP contribution in [0.5, 0.6) is 5.75 Å². The monoisotopic (exact) mass is 308 g/mol. The maximum Gasteiger partial charge on any atom is 0.243 e. The highest BCUT2D eigenvalue weighted by Crippen LogP contribution is 2.27. The summed E-state index contributed by atoms with van der Waals surface area (Å²) in [5.74, 6) is -0.0876. The Kier molecular flexibility index (Phi) is 5.00. The van der Waals surface area contributed by atoms with Crippen LogP contribution in [-0.2, 0) is 4.79 Å². The second-order valence-electron chi connectivity index (χ2n) is 4.26. The van der Waals surface area contributed by atoms with Crippen LogP contribution in [0.3, 0.4) is 0 Å². The minimum Gasteiger partial charge on any atom is -0.495 e. The first-order valence-corrected chi connectivity index (χ1v) is 6.59. The molecule has 110 valence electrons. The number of benzene rings is 2. The maximum absolute atomic E-state index is 13.0. The zero-order valence-corrected chi connectivity index (χ0v) is 12.1. The van der Waals surface area contributed by atoms with Crippen LogP contribution in [0.15, 0.2) is 42.5 Å². The normalized spacial score (nSPS) is 10.0. The predicted octanol–water partition coefficient (Wildman–Crippen LogP) is 3.54. The topological polar surface area (TPSA) is 50.4 Å². The molecule has 0 unspecified atom stereocenters.